The van der Waals surface area contributed by atoms with Crippen molar-refractivity contribution in [3.63, 3.8) is 0 Å². The number of hydrogen-bond acceptors (Lipinski definition) is 3. The Hall–Kier alpha value is -2.43. The maximum atomic E-state index is 12.9. The number of carbonyl (C=O) groups is 1. The molecule has 0 radical (unpaired) electrons. The maximum absolute atomic E-state index is 12.9. The van der Waals surface area contributed by atoms with E-state index in [4.69, 9.17) is 5.11 Å². The number of carboxylic acids is 1. The van der Waals surface area contributed by atoms with E-state index in [1.165, 1.54) is 18.2 Å². The Kier molecular flexibility index (Phi) is 3.52. The Balaban J connectivity index is 2.06. The third-order valence-electron chi connectivity index (χ3n) is 2.33. The van der Waals surface area contributed by atoms with Crippen molar-refractivity contribution in [1.29, 1.82) is 0 Å². The van der Waals surface area contributed by atoms with Crippen LogP contribution in [-0.4, -0.2) is 16.1 Å². The van der Waals surface area contributed by atoms with Gasteiger partial charge in [-0.15, -0.1) is 0 Å². The molecule has 0 saturated carbocycles. The average Bonchev–Trinajstić information content (AvgIpc) is 2.37. The largest absolute Gasteiger partial charge is 0.477 e. The second kappa shape index (κ2) is 5.27. The molecule has 1 aromatic heterocycles. The van der Waals surface area contributed by atoms with Gasteiger partial charge in [-0.2, -0.15) is 0 Å². The Morgan fingerprint density at radius 2 is 2.06 bits per heavy atom. The summed E-state index contributed by atoms with van der Waals surface area (Å²) in [7, 11) is 0. The molecule has 4 nitrogen and oxygen atoms in total. The number of nitrogens with zero attached hydrogens (tertiary/aromatic N) is 1. The Morgan fingerprint density at radius 3 is 2.78 bits per heavy atom. The zero-order valence-corrected chi connectivity index (χ0v) is 9.43. The summed E-state index contributed by atoms with van der Waals surface area (Å²) in [6.45, 7) is 0.383. The van der Waals surface area contributed by atoms with Gasteiger partial charge in [0.15, 0.2) is 5.69 Å². The van der Waals surface area contributed by atoms with Crippen LogP contribution in [0.5, 0.6) is 0 Å². The van der Waals surface area contributed by atoms with Crippen molar-refractivity contribution in [2.24, 2.45) is 0 Å². The van der Waals surface area contributed by atoms with E-state index in [2.05, 4.69) is 10.3 Å². The second-order valence-electron chi connectivity index (χ2n) is 3.70. The van der Waals surface area contributed by atoms with E-state index >= 15 is 0 Å². The molecule has 0 spiro atoms. The summed E-state index contributed by atoms with van der Waals surface area (Å²) < 4.78 is 12.9. The number of rotatable bonds is 4. The molecule has 1 heterocycles. The highest BCUT2D eigenvalue weighted by molar-refractivity contribution is 5.85. The van der Waals surface area contributed by atoms with Crippen LogP contribution in [0.1, 0.15) is 16.1 Å². The summed E-state index contributed by atoms with van der Waals surface area (Å²) in [4.78, 5) is 14.6. The summed E-state index contributed by atoms with van der Waals surface area (Å²) in [5.74, 6) is -0.940. The SMILES string of the molecule is O=C(O)c1cccc(NCc2cccc(F)c2)n1. The van der Waals surface area contributed by atoms with Crippen LogP contribution in [0.3, 0.4) is 0 Å². The lowest BCUT2D eigenvalue weighted by molar-refractivity contribution is 0.0690. The first-order valence-electron chi connectivity index (χ1n) is 5.34. The van der Waals surface area contributed by atoms with Crippen molar-refractivity contribution in [2.75, 3.05) is 5.32 Å². The third-order valence-corrected chi connectivity index (χ3v) is 2.33. The number of hydrogen-bond donors (Lipinski definition) is 2. The summed E-state index contributed by atoms with van der Waals surface area (Å²) in [5, 5.41) is 11.7. The minimum absolute atomic E-state index is 0.0285. The molecule has 0 fully saturated rings. The molecule has 0 bridgehead atoms. The van der Waals surface area contributed by atoms with E-state index in [0.29, 0.717) is 12.4 Å². The molecule has 0 aliphatic rings. The Morgan fingerprint density at radius 1 is 1.28 bits per heavy atom. The standard InChI is InChI=1S/C13H11FN2O2/c14-10-4-1-3-9(7-10)8-15-12-6-2-5-11(16-12)13(17)18/h1-7H,8H2,(H,15,16)(H,17,18). The van der Waals surface area contributed by atoms with Crippen molar-refractivity contribution in [1.82, 2.24) is 4.98 Å². The fourth-order valence-electron chi connectivity index (χ4n) is 1.49. The van der Waals surface area contributed by atoms with Crippen LogP contribution >= 0.6 is 0 Å². The van der Waals surface area contributed by atoms with Gasteiger partial charge in [-0.25, -0.2) is 14.2 Å². The quantitative estimate of drug-likeness (QED) is 0.870. The molecule has 18 heavy (non-hydrogen) atoms. The van der Waals surface area contributed by atoms with Gasteiger partial charge in [0, 0.05) is 6.54 Å². The number of halogens is 1. The van der Waals surface area contributed by atoms with Crippen LogP contribution in [0.2, 0.25) is 0 Å². The molecule has 2 N–H and O–H groups in total. The molecule has 5 heteroatoms. The van der Waals surface area contributed by atoms with Crippen LogP contribution in [0.15, 0.2) is 42.5 Å². The lowest BCUT2D eigenvalue weighted by Gasteiger charge is -2.06. The van der Waals surface area contributed by atoms with Crippen molar-refractivity contribution in [3.05, 3.63) is 59.5 Å². The van der Waals surface area contributed by atoms with Crippen LogP contribution in [-0.2, 0) is 6.54 Å². The highest BCUT2D eigenvalue weighted by atomic mass is 19.1. The van der Waals surface area contributed by atoms with E-state index in [1.54, 1.807) is 24.3 Å². The topological polar surface area (TPSA) is 62.2 Å². The molecule has 0 aliphatic carbocycles. The van der Waals surface area contributed by atoms with Crippen LogP contribution in [0.25, 0.3) is 0 Å². The van der Waals surface area contributed by atoms with Gasteiger partial charge in [-0.05, 0) is 29.8 Å². The number of pyridine rings is 1. The van der Waals surface area contributed by atoms with Crippen molar-refractivity contribution in [3.8, 4) is 0 Å². The van der Waals surface area contributed by atoms with Gasteiger partial charge in [0.25, 0.3) is 0 Å². The molecule has 0 atom stereocenters. The molecule has 2 rings (SSSR count). The smallest absolute Gasteiger partial charge is 0.354 e. The molecule has 0 aliphatic heterocycles. The fourth-order valence-corrected chi connectivity index (χ4v) is 1.49. The predicted octanol–water partition coefficient (Wildman–Crippen LogP) is 2.53. The minimum Gasteiger partial charge on any atom is -0.477 e. The first kappa shape index (κ1) is 12.0. The van der Waals surface area contributed by atoms with Crippen molar-refractivity contribution >= 4 is 11.8 Å². The zero-order valence-electron chi connectivity index (χ0n) is 9.43. The lowest BCUT2D eigenvalue weighted by Crippen LogP contribution is -2.05. The molecule has 2 aromatic rings. The molecule has 0 unspecified atom stereocenters. The lowest BCUT2D eigenvalue weighted by atomic mass is 10.2. The van der Waals surface area contributed by atoms with Gasteiger partial charge in [0.1, 0.15) is 11.6 Å². The average molecular weight is 246 g/mol. The van der Waals surface area contributed by atoms with Crippen LogP contribution in [0, 0.1) is 5.82 Å². The predicted molar refractivity (Wildman–Crippen MR) is 64.9 cm³/mol. The van der Waals surface area contributed by atoms with E-state index < -0.39 is 5.97 Å². The summed E-state index contributed by atoms with van der Waals surface area (Å²) in [6, 6.07) is 10.8. The van der Waals surface area contributed by atoms with Gasteiger partial charge in [-0.3, -0.25) is 0 Å². The van der Waals surface area contributed by atoms with Gasteiger partial charge < -0.3 is 10.4 Å². The van der Waals surface area contributed by atoms with Crippen molar-refractivity contribution in [2.45, 2.75) is 6.54 Å². The number of aromatic nitrogens is 1. The van der Waals surface area contributed by atoms with Gasteiger partial charge in [0.2, 0.25) is 0 Å². The Labute approximate surface area is 103 Å². The summed E-state index contributed by atoms with van der Waals surface area (Å²) in [6.07, 6.45) is 0. The molecular weight excluding hydrogens is 235 g/mol. The zero-order chi connectivity index (χ0) is 13.0. The number of nitrogens with one attached hydrogen (secondary N) is 1. The number of carboxylic acid groups (broad SMARTS) is 1. The number of aromatic carboxylic acids is 1. The van der Waals surface area contributed by atoms with E-state index in [-0.39, 0.29) is 11.5 Å². The monoisotopic (exact) mass is 246 g/mol. The molecular formula is C13H11FN2O2. The van der Waals surface area contributed by atoms with Gasteiger partial charge >= 0.3 is 5.97 Å². The number of benzene rings is 1. The highest BCUT2D eigenvalue weighted by Crippen LogP contribution is 2.09. The first-order chi connectivity index (χ1) is 8.65. The maximum Gasteiger partial charge on any atom is 0.354 e. The van der Waals surface area contributed by atoms with Crippen LogP contribution in [0.4, 0.5) is 10.2 Å². The fraction of sp³-hybridized carbons (Fsp3) is 0.0769. The van der Waals surface area contributed by atoms with E-state index in [0.717, 1.165) is 5.56 Å². The normalized spacial score (nSPS) is 10.1. The van der Waals surface area contributed by atoms with Gasteiger partial charge in [0.05, 0.1) is 0 Å². The molecule has 92 valence electrons. The van der Waals surface area contributed by atoms with Gasteiger partial charge in [-0.1, -0.05) is 18.2 Å². The summed E-state index contributed by atoms with van der Waals surface area (Å²) in [5.41, 5.74) is 0.733. The minimum atomic E-state index is -1.08. The first-order valence-corrected chi connectivity index (χ1v) is 5.34. The van der Waals surface area contributed by atoms with Crippen molar-refractivity contribution < 1.29 is 14.3 Å². The van der Waals surface area contributed by atoms with E-state index in [1.807, 2.05) is 0 Å². The van der Waals surface area contributed by atoms with E-state index in [9.17, 15) is 9.18 Å². The van der Waals surface area contributed by atoms with Crippen LogP contribution < -0.4 is 5.32 Å². The molecule has 0 amide bonds. The summed E-state index contributed by atoms with van der Waals surface area (Å²) >= 11 is 0. The highest BCUT2D eigenvalue weighted by Gasteiger charge is 2.04. The molecule has 1 aromatic carbocycles. The third kappa shape index (κ3) is 3.04. The number of anilines is 1. The molecule has 0 saturated heterocycles. The second-order valence-corrected chi connectivity index (χ2v) is 3.70. The Bertz CT molecular complexity index is 572.